The number of aliphatic carboxylic acids is 1. The number of carboxylic acids is 1. The van der Waals surface area contributed by atoms with Gasteiger partial charge in [0, 0.05) is 12.2 Å². The average Bonchev–Trinajstić information content (AvgIpc) is 2.55. The number of nitrogens with zero attached hydrogens (tertiary/aromatic N) is 1. The van der Waals surface area contributed by atoms with Gasteiger partial charge >= 0.3 is 12.1 Å². The van der Waals surface area contributed by atoms with E-state index in [4.69, 9.17) is 0 Å². The van der Waals surface area contributed by atoms with E-state index < -0.39 is 29.7 Å². The highest BCUT2D eigenvalue weighted by Crippen LogP contribution is 2.29. The number of carbonyl (C=O) groups excluding carboxylic acids is 1. The van der Waals surface area contributed by atoms with Gasteiger partial charge in [-0.3, -0.25) is 9.59 Å². The number of nitrogens with one attached hydrogen (secondary N) is 1. The van der Waals surface area contributed by atoms with Gasteiger partial charge in [0.1, 0.15) is 0 Å². The summed E-state index contributed by atoms with van der Waals surface area (Å²) in [5.74, 6) is -1.88. The van der Waals surface area contributed by atoms with E-state index >= 15 is 0 Å². The molecule has 1 aliphatic rings. The number of hydrogen-bond acceptors (Lipinski definition) is 4. The van der Waals surface area contributed by atoms with Crippen LogP contribution in [0.2, 0.25) is 0 Å². The fourth-order valence-electron chi connectivity index (χ4n) is 2.97. The Hall–Kier alpha value is -1.77. The van der Waals surface area contributed by atoms with Gasteiger partial charge < -0.3 is 10.4 Å². The van der Waals surface area contributed by atoms with Crippen molar-refractivity contribution in [3.8, 4) is 0 Å². The van der Waals surface area contributed by atoms with Gasteiger partial charge in [0.15, 0.2) is 0 Å². The quantitative estimate of drug-likeness (QED) is 0.749. The molecule has 1 fully saturated rings. The molecule has 1 aromatic rings. The van der Waals surface area contributed by atoms with Crippen molar-refractivity contribution in [3.05, 3.63) is 23.9 Å². The summed E-state index contributed by atoms with van der Waals surface area (Å²) < 4.78 is 37.5. The zero-order chi connectivity index (χ0) is 19.2. The molecule has 0 spiro atoms. The van der Waals surface area contributed by atoms with Crippen molar-refractivity contribution in [2.45, 2.75) is 55.8 Å². The predicted octanol–water partition coefficient (Wildman–Crippen LogP) is 3.73. The SMILES string of the molecule is O=C(CSc1ccc(C(F)(F)F)cn1)NC1CCCCCCC1C(=O)O. The first kappa shape index (κ1) is 20.5. The third kappa shape index (κ3) is 6.19. The van der Waals surface area contributed by atoms with E-state index in [0.29, 0.717) is 17.9 Å². The number of halogens is 3. The topological polar surface area (TPSA) is 79.3 Å². The molecule has 2 atom stereocenters. The fourth-order valence-corrected chi connectivity index (χ4v) is 3.63. The molecule has 1 aromatic heterocycles. The van der Waals surface area contributed by atoms with Gasteiger partial charge in [0.2, 0.25) is 5.91 Å². The Morgan fingerprint density at radius 3 is 2.46 bits per heavy atom. The summed E-state index contributed by atoms with van der Waals surface area (Å²) >= 11 is 1.02. The molecule has 0 aromatic carbocycles. The minimum absolute atomic E-state index is 0.0266. The molecule has 0 saturated heterocycles. The molecule has 1 saturated carbocycles. The monoisotopic (exact) mass is 390 g/mol. The maximum Gasteiger partial charge on any atom is 0.417 e. The van der Waals surface area contributed by atoms with Crippen LogP contribution >= 0.6 is 11.8 Å². The van der Waals surface area contributed by atoms with Crippen LogP contribution < -0.4 is 5.32 Å². The van der Waals surface area contributed by atoms with Gasteiger partial charge in [0.25, 0.3) is 0 Å². The molecule has 26 heavy (non-hydrogen) atoms. The Balaban J connectivity index is 1.89. The number of aromatic nitrogens is 1. The number of thioether (sulfide) groups is 1. The largest absolute Gasteiger partial charge is 0.481 e. The van der Waals surface area contributed by atoms with Gasteiger partial charge in [-0.05, 0) is 25.0 Å². The van der Waals surface area contributed by atoms with E-state index in [0.717, 1.165) is 49.7 Å². The molecule has 1 amide bonds. The Labute approximate surface area is 153 Å². The minimum atomic E-state index is -4.45. The first-order chi connectivity index (χ1) is 12.3. The summed E-state index contributed by atoms with van der Waals surface area (Å²) in [4.78, 5) is 27.3. The van der Waals surface area contributed by atoms with Crippen molar-refractivity contribution >= 4 is 23.6 Å². The highest BCUT2D eigenvalue weighted by molar-refractivity contribution is 7.99. The second kappa shape index (κ2) is 9.25. The van der Waals surface area contributed by atoms with Crippen molar-refractivity contribution < 1.29 is 27.9 Å². The molecular weight excluding hydrogens is 369 g/mol. The van der Waals surface area contributed by atoms with Gasteiger partial charge in [-0.15, -0.1) is 0 Å². The Kier molecular flexibility index (Phi) is 7.31. The molecule has 0 aliphatic heterocycles. The second-order valence-corrected chi connectivity index (χ2v) is 7.28. The van der Waals surface area contributed by atoms with Crippen LogP contribution in [0, 0.1) is 5.92 Å². The van der Waals surface area contributed by atoms with Gasteiger partial charge in [-0.25, -0.2) is 4.98 Å². The molecule has 0 radical (unpaired) electrons. The van der Waals surface area contributed by atoms with E-state index in [1.807, 2.05) is 0 Å². The summed E-state index contributed by atoms with van der Waals surface area (Å²) in [6.07, 6.45) is 1.14. The van der Waals surface area contributed by atoms with E-state index in [9.17, 15) is 27.9 Å². The Bertz CT molecular complexity index is 623. The van der Waals surface area contributed by atoms with Crippen molar-refractivity contribution in [1.82, 2.24) is 10.3 Å². The highest BCUT2D eigenvalue weighted by atomic mass is 32.2. The molecule has 0 bridgehead atoms. The average molecular weight is 390 g/mol. The predicted molar refractivity (Wildman–Crippen MR) is 90.7 cm³/mol. The lowest BCUT2D eigenvalue weighted by Gasteiger charge is -2.27. The number of carboxylic acid groups (broad SMARTS) is 1. The fraction of sp³-hybridized carbons (Fsp3) is 0.588. The summed E-state index contributed by atoms with van der Waals surface area (Å²) in [5, 5.41) is 12.5. The standard InChI is InChI=1S/C17H21F3N2O3S/c18-17(19,20)11-7-8-15(21-9-11)26-10-14(23)22-13-6-4-2-1-3-5-12(13)16(24)25/h7-9,12-13H,1-6,10H2,(H,22,23)(H,24,25). The van der Waals surface area contributed by atoms with Crippen LogP contribution in [0.15, 0.2) is 23.4 Å². The smallest absolute Gasteiger partial charge is 0.417 e. The number of carbonyl (C=O) groups is 2. The molecule has 144 valence electrons. The number of hydrogen-bond donors (Lipinski definition) is 2. The summed E-state index contributed by atoms with van der Waals surface area (Å²) in [6.45, 7) is 0. The van der Waals surface area contributed by atoms with Crippen molar-refractivity contribution in [2.24, 2.45) is 5.92 Å². The van der Waals surface area contributed by atoms with Crippen LogP contribution in [0.1, 0.15) is 44.1 Å². The summed E-state index contributed by atoms with van der Waals surface area (Å²) in [6, 6.07) is 1.72. The number of rotatable bonds is 5. The lowest BCUT2D eigenvalue weighted by atomic mass is 9.87. The third-order valence-corrected chi connectivity index (χ3v) is 5.29. The molecular formula is C17H21F3N2O3S. The molecule has 1 aliphatic carbocycles. The zero-order valence-electron chi connectivity index (χ0n) is 14.1. The number of alkyl halides is 3. The molecule has 2 unspecified atom stereocenters. The van der Waals surface area contributed by atoms with Crippen molar-refractivity contribution in [1.29, 1.82) is 0 Å². The molecule has 1 heterocycles. The van der Waals surface area contributed by atoms with E-state index in [-0.39, 0.29) is 11.7 Å². The van der Waals surface area contributed by atoms with Crippen LogP contribution in [0.25, 0.3) is 0 Å². The van der Waals surface area contributed by atoms with E-state index in [1.54, 1.807) is 0 Å². The van der Waals surface area contributed by atoms with E-state index in [1.165, 1.54) is 6.07 Å². The molecule has 5 nitrogen and oxygen atoms in total. The lowest BCUT2D eigenvalue weighted by molar-refractivity contribution is -0.143. The highest BCUT2D eigenvalue weighted by Gasteiger charge is 2.31. The number of amides is 1. The van der Waals surface area contributed by atoms with Gasteiger partial charge in [0.05, 0.1) is 22.3 Å². The van der Waals surface area contributed by atoms with E-state index in [2.05, 4.69) is 10.3 Å². The minimum Gasteiger partial charge on any atom is -0.481 e. The van der Waals surface area contributed by atoms with Crippen LogP contribution in [0.4, 0.5) is 13.2 Å². The third-order valence-electron chi connectivity index (χ3n) is 4.34. The van der Waals surface area contributed by atoms with Crippen LogP contribution in [0.5, 0.6) is 0 Å². The zero-order valence-corrected chi connectivity index (χ0v) is 14.9. The first-order valence-corrected chi connectivity index (χ1v) is 9.44. The Morgan fingerprint density at radius 2 is 1.88 bits per heavy atom. The maximum absolute atomic E-state index is 12.5. The number of pyridine rings is 1. The molecule has 2 N–H and O–H groups in total. The molecule has 9 heteroatoms. The van der Waals surface area contributed by atoms with Gasteiger partial charge in [-0.1, -0.05) is 37.4 Å². The normalized spacial score (nSPS) is 21.5. The second-order valence-electron chi connectivity index (χ2n) is 6.28. The van der Waals surface area contributed by atoms with Crippen molar-refractivity contribution in [2.75, 3.05) is 5.75 Å². The van der Waals surface area contributed by atoms with Crippen LogP contribution in [0.3, 0.4) is 0 Å². The van der Waals surface area contributed by atoms with Crippen LogP contribution in [-0.2, 0) is 15.8 Å². The maximum atomic E-state index is 12.5. The van der Waals surface area contributed by atoms with Crippen molar-refractivity contribution in [3.63, 3.8) is 0 Å². The Morgan fingerprint density at radius 1 is 1.19 bits per heavy atom. The van der Waals surface area contributed by atoms with Crippen LogP contribution in [-0.4, -0.2) is 33.8 Å². The summed E-state index contributed by atoms with van der Waals surface area (Å²) in [5.41, 5.74) is -0.842. The molecule has 2 rings (SSSR count). The van der Waals surface area contributed by atoms with Gasteiger partial charge in [-0.2, -0.15) is 13.2 Å². The lowest BCUT2D eigenvalue weighted by Crippen LogP contribution is -2.44. The first-order valence-electron chi connectivity index (χ1n) is 8.45. The summed E-state index contributed by atoms with van der Waals surface area (Å²) in [7, 11) is 0.